The van der Waals surface area contributed by atoms with E-state index in [9.17, 15) is 9.59 Å². The topological polar surface area (TPSA) is 109 Å². The van der Waals surface area contributed by atoms with Crippen LogP contribution in [0.4, 0.5) is 11.4 Å². The minimum Gasteiger partial charge on any atom is -0.397 e. The molecule has 0 spiro atoms. The zero-order chi connectivity index (χ0) is 17.4. The van der Waals surface area contributed by atoms with Crippen LogP contribution in [0, 0.1) is 0 Å². The van der Waals surface area contributed by atoms with Crippen LogP contribution in [0.15, 0.2) is 50.5 Å². The van der Waals surface area contributed by atoms with E-state index in [4.69, 9.17) is 39.2 Å². The summed E-state index contributed by atoms with van der Waals surface area (Å²) in [5.74, 6) is -0.826. The first kappa shape index (κ1) is 16.2. The molecule has 124 valence electrons. The summed E-state index contributed by atoms with van der Waals surface area (Å²) < 4.78 is 6.76. The van der Waals surface area contributed by atoms with E-state index in [1.165, 1.54) is 18.2 Å². The molecule has 0 aliphatic heterocycles. The summed E-state index contributed by atoms with van der Waals surface area (Å²) in [6.45, 7) is -0.0631. The minimum atomic E-state index is -0.826. The molecule has 0 radical (unpaired) electrons. The van der Waals surface area contributed by atoms with Gasteiger partial charge in [0.05, 0.1) is 33.7 Å². The van der Waals surface area contributed by atoms with Gasteiger partial charge in [-0.1, -0.05) is 35.3 Å². The molecule has 0 amide bonds. The molecule has 3 aromatic rings. The fourth-order valence-electron chi connectivity index (χ4n) is 2.20. The number of nitrogens with two attached hydrogens (primary N) is 2. The van der Waals surface area contributed by atoms with Crippen molar-refractivity contribution in [3.05, 3.63) is 73.0 Å². The summed E-state index contributed by atoms with van der Waals surface area (Å²) in [5, 5.41) is 0.555. The fraction of sp³-hybridized carbons (Fsp3) is 0.0667. The summed E-state index contributed by atoms with van der Waals surface area (Å²) in [6, 6.07) is 9.42. The van der Waals surface area contributed by atoms with Gasteiger partial charge in [0.2, 0.25) is 0 Å². The van der Waals surface area contributed by atoms with Crippen LogP contribution >= 0.6 is 23.2 Å². The van der Waals surface area contributed by atoms with Gasteiger partial charge in [-0.2, -0.15) is 0 Å². The second-order valence-electron chi connectivity index (χ2n) is 5.04. The van der Waals surface area contributed by atoms with Gasteiger partial charge in [-0.05, 0) is 29.8 Å². The van der Waals surface area contributed by atoms with E-state index in [0.29, 0.717) is 22.0 Å². The Morgan fingerprint density at radius 1 is 1.04 bits per heavy atom. The number of aromatic nitrogens is 2. The summed E-state index contributed by atoms with van der Waals surface area (Å²) >= 11 is 11.8. The standard InChI is InChI=1S/C15H12Cl2N4O3/c16-10-5-4-9(6-11(10)17)21-14(22)20(15(23)24-21)7-8-2-1-3-12(18)13(8)19/h1-6H,7,18-19H2. The number of para-hydroxylation sites is 1. The number of nitrogen functional groups attached to an aromatic ring is 2. The minimum absolute atomic E-state index is 0.0631. The molecular weight excluding hydrogens is 355 g/mol. The van der Waals surface area contributed by atoms with E-state index in [2.05, 4.69) is 0 Å². The van der Waals surface area contributed by atoms with Crippen LogP contribution in [-0.4, -0.2) is 9.31 Å². The number of hydrogen-bond donors (Lipinski definition) is 2. The Labute approximate surface area is 145 Å². The molecule has 0 saturated heterocycles. The van der Waals surface area contributed by atoms with E-state index in [-0.39, 0.29) is 17.3 Å². The number of anilines is 2. The van der Waals surface area contributed by atoms with Gasteiger partial charge in [-0.25, -0.2) is 14.2 Å². The predicted molar refractivity (Wildman–Crippen MR) is 93.0 cm³/mol. The summed E-state index contributed by atoms with van der Waals surface area (Å²) in [7, 11) is 0. The van der Waals surface area contributed by atoms with Crippen molar-refractivity contribution in [2.24, 2.45) is 0 Å². The summed E-state index contributed by atoms with van der Waals surface area (Å²) in [5.41, 5.74) is 12.4. The average molecular weight is 367 g/mol. The van der Waals surface area contributed by atoms with Gasteiger partial charge < -0.3 is 16.0 Å². The van der Waals surface area contributed by atoms with Crippen molar-refractivity contribution >= 4 is 34.6 Å². The lowest BCUT2D eigenvalue weighted by Gasteiger charge is -2.06. The molecule has 0 aliphatic rings. The van der Waals surface area contributed by atoms with E-state index in [1.54, 1.807) is 18.2 Å². The largest absolute Gasteiger partial charge is 0.443 e. The first-order chi connectivity index (χ1) is 11.4. The molecule has 0 atom stereocenters. The first-order valence-electron chi connectivity index (χ1n) is 6.80. The molecule has 0 saturated carbocycles. The summed E-state index contributed by atoms with van der Waals surface area (Å²) in [6.07, 6.45) is 0. The van der Waals surface area contributed by atoms with Crippen molar-refractivity contribution in [1.29, 1.82) is 0 Å². The zero-order valence-electron chi connectivity index (χ0n) is 12.2. The maximum absolute atomic E-state index is 12.5. The maximum Gasteiger partial charge on any atom is 0.443 e. The van der Waals surface area contributed by atoms with Gasteiger partial charge in [0.1, 0.15) is 0 Å². The molecule has 0 bridgehead atoms. The van der Waals surface area contributed by atoms with Gasteiger partial charge in [0.15, 0.2) is 0 Å². The number of nitrogens with zero attached hydrogens (tertiary/aromatic N) is 2. The van der Waals surface area contributed by atoms with Crippen LogP contribution < -0.4 is 22.9 Å². The van der Waals surface area contributed by atoms with Crippen molar-refractivity contribution in [2.75, 3.05) is 11.5 Å². The quantitative estimate of drug-likeness (QED) is 0.689. The van der Waals surface area contributed by atoms with Gasteiger partial charge in [0.25, 0.3) is 0 Å². The Hall–Kier alpha value is -2.64. The van der Waals surface area contributed by atoms with Crippen LogP contribution in [0.2, 0.25) is 10.0 Å². The van der Waals surface area contributed by atoms with Gasteiger partial charge in [-0.3, -0.25) is 0 Å². The Kier molecular flexibility index (Phi) is 4.13. The second kappa shape index (κ2) is 6.10. The van der Waals surface area contributed by atoms with E-state index in [1.807, 2.05) is 0 Å². The molecule has 2 aromatic carbocycles. The fourth-order valence-corrected chi connectivity index (χ4v) is 2.49. The zero-order valence-corrected chi connectivity index (χ0v) is 13.7. The molecule has 9 heteroatoms. The highest BCUT2D eigenvalue weighted by molar-refractivity contribution is 6.42. The van der Waals surface area contributed by atoms with E-state index < -0.39 is 11.4 Å². The van der Waals surface area contributed by atoms with Crippen LogP contribution in [0.1, 0.15) is 5.56 Å². The Morgan fingerprint density at radius 3 is 2.50 bits per heavy atom. The number of halogens is 2. The second-order valence-corrected chi connectivity index (χ2v) is 5.85. The van der Waals surface area contributed by atoms with Gasteiger partial charge >= 0.3 is 11.4 Å². The van der Waals surface area contributed by atoms with E-state index >= 15 is 0 Å². The highest BCUT2D eigenvalue weighted by Gasteiger charge is 2.16. The molecule has 24 heavy (non-hydrogen) atoms. The molecule has 1 aromatic heterocycles. The molecule has 0 aliphatic carbocycles. The lowest BCUT2D eigenvalue weighted by Crippen LogP contribution is -2.29. The molecule has 1 heterocycles. The van der Waals surface area contributed by atoms with Gasteiger partial charge in [-0.15, -0.1) is 4.74 Å². The number of rotatable bonds is 3. The number of benzene rings is 2. The lowest BCUT2D eigenvalue weighted by atomic mass is 10.1. The average Bonchev–Trinajstić information content (AvgIpc) is 2.82. The maximum atomic E-state index is 12.5. The van der Waals surface area contributed by atoms with Crippen LogP contribution in [0.3, 0.4) is 0 Å². The third kappa shape index (κ3) is 2.79. The Balaban J connectivity index is 2.07. The van der Waals surface area contributed by atoms with E-state index in [0.717, 1.165) is 9.31 Å². The van der Waals surface area contributed by atoms with Crippen LogP contribution in [-0.2, 0) is 6.54 Å². The third-order valence-corrected chi connectivity index (χ3v) is 4.23. The SMILES string of the molecule is Nc1cccc(Cn2c(=O)on(-c3ccc(Cl)c(Cl)c3)c2=O)c1N. The highest BCUT2D eigenvalue weighted by atomic mass is 35.5. The highest BCUT2D eigenvalue weighted by Crippen LogP contribution is 2.24. The Morgan fingerprint density at radius 2 is 1.79 bits per heavy atom. The first-order valence-corrected chi connectivity index (χ1v) is 7.55. The van der Waals surface area contributed by atoms with Crippen molar-refractivity contribution in [3.8, 4) is 5.69 Å². The van der Waals surface area contributed by atoms with Crippen LogP contribution in [0.5, 0.6) is 0 Å². The molecule has 3 rings (SSSR count). The lowest BCUT2D eigenvalue weighted by molar-refractivity contribution is 0.311. The number of hydrogen-bond acceptors (Lipinski definition) is 5. The van der Waals surface area contributed by atoms with Gasteiger partial charge in [0, 0.05) is 0 Å². The third-order valence-electron chi connectivity index (χ3n) is 3.49. The molecule has 0 fully saturated rings. The molecular formula is C15H12Cl2N4O3. The normalized spacial score (nSPS) is 10.9. The monoisotopic (exact) mass is 366 g/mol. The molecule has 7 nitrogen and oxygen atoms in total. The van der Waals surface area contributed by atoms with Crippen molar-refractivity contribution < 1.29 is 4.52 Å². The predicted octanol–water partition coefficient (Wildman–Crippen LogP) is 2.11. The van der Waals surface area contributed by atoms with Crippen molar-refractivity contribution in [3.63, 3.8) is 0 Å². The van der Waals surface area contributed by atoms with Crippen LogP contribution in [0.25, 0.3) is 5.69 Å². The van der Waals surface area contributed by atoms with Crippen molar-refractivity contribution in [2.45, 2.75) is 6.54 Å². The molecule has 0 unspecified atom stereocenters. The summed E-state index contributed by atoms with van der Waals surface area (Å²) in [4.78, 5) is 24.5. The Bertz CT molecular complexity index is 1040. The smallest absolute Gasteiger partial charge is 0.397 e. The van der Waals surface area contributed by atoms with Crippen molar-refractivity contribution in [1.82, 2.24) is 9.31 Å². The molecule has 4 N–H and O–H groups in total.